The normalized spacial score (nSPS) is 11.6. The summed E-state index contributed by atoms with van der Waals surface area (Å²) in [5.74, 6) is -0.186. The van der Waals surface area contributed by atoms with Crippen molar-refractivity contribution in [3.05, 3.63) is 51.5 Å². The van der Waals surface area contributed by atoms with E-state index in [-0.39, 0.29) is 18.3 Å². The molecule has 0 radical (unpaired) electrons. The summed E-state index contributed by atoms with van der Waals surface area (Å²) in [5.41, 5.74) is 7.73. The standard InChI is InChI=1S/C15H19N3O2S.ClH/c1-10(19)12-4-2-11(3-5-12)8-17-15(20)13-9-21-14(18-13)6-7-16;/h2-5,9-10,19H,6-8,16H2,1H3,(H,17,20);1H. The first-order valence-corrected chi connectivity index (χ1v) is 7.67. The van der Waals surface area contributed by atoms with E-state index in [2.05, 4.69) is 10.3 Å². The molecule has 0 saturated carbocycles. The van der Waals surface area contributed by atoms with Crippen LogP contribution in [0.3, 0.4) is 0 Å². The number of nitrogens with zero attached hydrogens (tertiary/aromatic N) is 1. The van der Waals surface area contributed by atoms with Gasteiger partial charge in [-0.25, -0.2) is 4.98 Å². The van der Waals surface area contributed by atoms with E-state index in [0.29, 0.717) is 25.2 Å². The summed E-state index contributed by atoms with van der Waals surface area (Å²) in [6, 6.07) is 7.50. The van der Waals surface area contributed by atoms with E-state index in [1.54, 1.807) is 12.3 Å². The van der Waals surface area contributed by atoms with Crippen LogP contribution in [0.4, 0.5) is 0 Å². The van der Waals surface area contributed by atoms with Gasteiger partial charge in [-0.2, -0.15) is 0 Å². The number of aromatic nitrogens is 1. The largest absolute Gasteiger partial charge is 0.389 e. The Balaban J connectivity index is 0.00000242. The van der Waals surface area contributed by atoms with Gasteiger partial charge in [0, 0.05) is 18.3 Å². The average Bonchev–Trinajstić information content (AvgIpc) is 2.94. The quantitative estimate of drug-likeness (QED) is 0.750. The van der Waals surface area contributed by atoms with E-state index in [1.807, 2.05) is 24.3 Å². The number of benzene rings is 1. The highest BCUT2D eigenvalue weighted by Gasteiger charge is 2.10. The van der Waals surface area contributed by atoms with E-state index < -0.39 is 6.10 Å². The number of nitrogens with two attached hydrogens (primary N) is 1. The third kappa shape index (κ3) is 5.06. The average molecular weight is 342 g/mol. The van der Waals surface area contributed by atoms with Crippen molar-refractivity contribution in [2.45, 2.75) is 26.0 Å². The van der Waals surface area contributed by atoms with E-state index in [9.17, 15) is 9.90 Å². The number of carbonyl (C=O) groups excluding carboxylic acids is 1. The summed E-state index contributed by atoms with van der Waals surface area (Å²) in [4.78, 5) is 16.2. The molecule has 1 aromatic heterocycles. The lowest BCUT2D eigenvalue weighted by Crippen LogP contribution is -2.23. The van der Waals surface area contributed by atoms with E-state index >= 15 is 0 Å². The van der Waals surface area contributed by atoms with Gasteiger partial charge < -0.3 is 16.2 Å². The number of halogens is 1. The third-order valence-corrected chi connectivity index (χ3v) is 3.97. The van der Waals surface area contributed by atoms with Crippen LogP contribution in [-0.2, 0) is 13.0 Å². The van der Waals surface area contributed by atoms with Crippen LogP contribution in [0.1, 0.15) is 39.7 Å². The van der Waals surface area contributed by atoms with Crippen molar-refractivity contribution < 1.29 is 9.90 Å². The molecular formula is C15H20ClN3O2S. The van der Waals surface area contributed by atoms with Crippen molar-refractivity contribution in [3.63, 3.8) is 0 Å². The summed E-state index contributed by atoms with van der Waals surface area (Å²) in [6.07, 6.45) is 0.211. The lowest BCUT2D eigenvalue weighted by atomic mass is 10.1. The predicted molar refractivity (Wildman–Crippen MR) is 90.4 cm³/mol. The zero-order valence-corrected chi connectivity index (χ0v) is 13.9. The lowest BCUT2D eigenvalue weighted by Gasteiger charge is -2.07. The Morgan fingerprint density at radius 1 is 1.41 bits per heavy atom. The second-order valence-corrected chi connectivity index (χ2v) is 5.71. The summed E-state index contributed by atoms with van der Waals surface area (Å²) >= 11 is 1.45. The number of nitrogens with one attached hydrogen (secondary N) is 1. The maximum absolute atomic E-state index is 12.0. The molecule has 2 rings (SSSR count). The molecule has 0 spiro atoms. The van der Waals surface area contributed by atoms with Crippen LogP contribution in [0.15, 0.2) is 29.6 Å². The molecule has 0 bridgehead atoms. The van der Waals surface area contributed by atoms with Gasteiger partial charge in [0.25, 0.3) is 5.91 Å². The molecule has 0 aliphatic rings. The van der Waals surface area contributed by atoms with Crippen LogP contribution >= 0.6 is 23.7 Å². The second-order valence-electron chi connectivity index (χ2n) is 4.77. The maximum Gasteiger partial charge on any atom is 0.271 e. The van der Waals surface area contributed by atoms with Gasteiger partial charge in [0.1, 0.15) is 5.69 Å². The number of rotatable bonds is 6. The van der Waals surface area contributed by atoms with Gasteiger partial charge in [0.15, 0.2) is 0 Å². The van der Waals surface area contributed by atoms with Crippen molar-refractivity contribution >= 4 is 29.7 Å². The van der Waals surface area contributed by atoms with Gasteiger partial charge in [-0.15, -0.1) is 23.7 Å². The highest BCUT2D eigenvalue weighted by atomic mass is 35.5. The van der Waals surface area contributed by atoms with Crippen LogP contribution < -0.4 is 11.1 Å². The van der Waals surface area contributed by atoms with Crippen LogP contribution in [0, 0.1) is 0 Å². The van der Waals surface area contributed by atoms with E-state index in [0.717, 1.165) is 16.1 Å². The van der Waals surface area contributed by atoms with Crippen molar-refractivity contribution in [2.75, 3.05) is 6.54 Å². The minimum absolute atomic E-state index is 0. The highest BCUT2D eigenvalue weighted by Crippen LogP contribution is 2.13. The molecule has 1 atom stereocenters. The molecule has 1 amide bonds. The molecule has 0 aliphatic heterocycles. The molecule has 1 unspecified atom stereocenters. The first-order valence-electron chi connectivity index (χ1n) is 6.79. The van der Waals surface area contributed by atoms with E-state index in [1.165, 1.54) is 11.3 Å². The summed E-state index contributed by atoms with van der Waals surface area (Å²) < 4.78 is 0. The molecule has 7 heteroatoms. The van der Waals surface area contributed by atoms with Crippen LogP contribution in [-0.4, -0.2) is 22.5 Å². The number of aliphatic hydroxyl groups excluding tert-OH is 1. The fourth-order valence-electron chi connectivity index (χ4n) is 1.84. The molecule has 1 heterocycles. The Labute approximate surface area is 140 Å². The lowest BCUT2D eigenvalue weighted by molar-refractivity contribution is 0.0946. The fourth-order valence-corrected chi connectivity index (χ4v) is 2.63. The first kappa shape index (κ1) is 18.6. The van der Waals surface area contributed by atoms with Crippen molar-refractivity contribution in [2.24, 2.45) is 5.73 Å². The number of aliphatic hydroxyl groups is 1. The molecule has 4 N–H and O–H groups in total. The molecule has 5 nitrogen and oxygen atoms in total. The smallest absolute Gasteiger partial charge is 0.271 e. The number of hydrogen-bond acceptors (Lipinski definition) is 5. The van der Waals surface area contributed by atoms with Gasteiger partial charge in [0.2, 0.25) is 0 Å². The SMILES string of the molecule is CC(O)c1ccc(CNC(=O)c2csc(CCN)n2)cc1.Cl. The van der Waals surface area contributed by atoms with Crippen LogP contribution in [0.5, 0.6) is 0 Å². The molecule has 0 saturated heterocycles. The third-order valence-electron chi connectivity index (χ3n) is 3.06. The van der Waals surface area contributed by atoms with Gasteiger partial charge in [-0.1, -0.05) is 24.3 Å². The first-order chi connectivity index (χ1) is 10.1. The minimum atomic E-state index is -0.482. The molecule has 2 aromatic rings. The Hall–Kier alpha value is -1.47. The fraction of sp³-hybridized carbons (Fsp3) is 0.333. The predicted octanol–water partition coefficient (Wildman–Crippen LogP) is 2.05. The zero-order valence-electron chi connectivity index (χ0n) is 12.3. The maximum atomic E-state index is 12.0. The molecule has 22 heavy (non-hydrogen) atoms. The monoisotopic (exact) mass is 341 g/mol. The Morgan fingerprint density at radius 2 is 2.09 bits per heavy atom. The Kier molecular flexibility index (Phi) is 7.47. The number of amides is 1. The summed E-state index contributed by atoms with van der Waals surface area (Å²) in [7, 11) is 0. The number of carbonyl (C=O) groups is 1. The summed E-state index contributed by atoms with van der Waals surface area (Å²) in [5, 5.41) is 14.9. The molecule has 1 aromatic carbocycles. The zero-order chi connectivity index (χ0) is 15.2. The van der Waals surface area contributed by atoms with Gasteiger partial charge in [-0.05, 0) is 24.6 Å². The molecule has 0 fully saturated rings. The Morgan fingerprint density at radius 3 is 2.68 bits per heavy atom. The topological polar surface area (TPSA) is 88.2 Å². The molecule has 120 valence electrons. The number of hydrogen-bond donors (Lipinski definition) is 3. The molecular weight excluding hydrogens is 322 g/mol. The highest BCUT2D eigenvalue weighted by molar-refractivity contribution is 7.09. The van der Waals surface area contributed by atoms with Gasteiger partial charge in [0.05, 0.1) is 11.1 Å². The van der Waals surface area contributed by atoms with Crippen molar-refractivity contribution in [3.8, 4) is 0 Å². The van der Waals surface area contributed by atoms with Crippen LogP contribution in [0.25, 0.3) is 0 Å². The van der Waals surface area contributed by atoms with Gasteiger partial charge in [-0.3, -0.25) is 4.79 Å². The second kappa shape index (κ2) is 8.85. The number of thiazole rings is 1. The Bertz CT molecular complexity index is 599. The van der Waals surface area contributed by atoms with Crippen molar-refractivity contribution in [1.29, 1.82) is 0 Å². The summed E-state index contributed by atoms with van der Waals surface area (Å²) in [6.45, 7) is 2.69. The minimum Gasteiger partial charge on any atom is -0.389 e. The van der Waals surface area contributed by atoms with E-state index in [4.69, 9.17) is 5.73 Å². The van der Waals surface area contributed by atoms with Crippen molar-refractivity contribution in [1.82, 2.24) is 10.3 Å². The van der Waals surface area contributed by atoms with Gasteiger partial charge >= 0.3 is 0 Å². The molecule has 0 aliphatic carbocycles. The van der Waals surface area contributed by atoms with Crippen LogP contribution in [0.2, 0.25) is 0 Å².